The number of hydrogen-bond donors (Lipinski definition) is 1. The third-order valence-corrected chi connectivity index (χ3v) is 2.94. The average Bonchev–Trinajstić information content (AvgIpc) is 2.79. The van der Waals surface area contributed by atoms with E-state index in [0.717, 1.165) is 30.6 Å². The molecule has 1 aromatic carbocycles. The van der Waals surface area contributed by atoms with Gasteiger partial charge in [0.15, 0.2) is 0 Å². The maximum atomic E-state index is 5.91. The molecule has 0 saturated carbocycles. The maximum Gasteiger partial charge on any atom is 0.0568 e. The predicted octanol–water partition coefficient (Wildman–Crippen LogP) is 3.10. The Kier molecular flexibility index (Phi) is 3.47. The summed E-state index contributed by atoms with van der Waals surface area (Å²) in [6.07, 6.45) is 6.07. The Hall–Kier alpha value is -1.77. The molecule has 0 amide bonds. The van der Waals surface area contributed by atoms with Gasteiger partial charge < -0.3 is 5.73 Å². The fraction of sp³-hybridized carbons (Fsp3) is 0.357. The second-order valence-corrected chi connectivity index (χ2v) is 4.26. The van der Waals surface area contributed by atoms with E-state index in [4.69, 9.17) is 5.73 Å². The molecule has 0 bridgehead atoms. The first-order valence-corrected chi connectivity index (χ1v) is 6.15. The van der Waals surface area contributed by atoms with E-state index in [1.165, 1.54) is 11.1 Å². The fourth-order valence-electron chi connectivity index (χ4n) is 1.96. The van der Waals surface area contributed by atoms with Crippen molar-refractivity contribution in [1.82, 2.24) is 9.78 Å². The van der Waals surface area contributed by atoms with Crippen LogP contribution in [0.25, 0.3) is 11.1 Å². The number of nitrogens with two attached hydrogens (primary N) is 1. The molecule has 17 heavy (non-hydrogen) atoms. The molecular formula is C14H19N3. The van der Waals surface area contributed by atoms with Crippen molar-refractivity contribution in [3.05, 3.63) is 36.2 Å². The predicted molar refractivity (Wildman–Crippen MR) is 71.7 cm³/mol. The van der Waals surface area contributed by atoms with Gasteiger partial charge in [0, 0.05) is 24.0 Å². The minimum absolute atomic E-state index is 0.872. The van der Waals surface area contributed by atoms with E-state index in [2.05, 4.69) is 37.3 Å². The van der Waals surface area contributed by atoms with Crippen LogP contribution in [0.3, 0.4) is 0 Å². The maximum absolute atomic E-state index is 5.91. The van der Waals surface area contributed by atoms with E-state index in [0.29, 0.717) is 0 Å². The van der Waals surface area contributed by atoms with Crippen LogP contribution in [0.1, 0.15) is 25.8 Å². The van der Waals surface area contributed by atoms with Gasteiger partial charge in [-0.2, -0.15) is 5.10 Å². The van der Waals surface area contributed by atoms with Crippen molar-refractivity contribution in [2.45, 2.75) is 33.2 Å². The van der Waals surface area contributed by atoms with Crippen LogP contribution in [-0.4, -0.2) is 9.78 Å². The molecule has 1 aromatic heterocycles. The molecule has 0 saturated heterocycles. The summed E-state index contributed by atoms with van der Waals surface area (Å²) in [6, 6.07) is 6.19. The highest BCUT2D eigenvalue weighted by Gasteiger charge is 2.04. The summed E-state index contributed by atoms with van der Waals surface area (Å²) in [6.45, 7) is 5.24. The lowest BCUT2D eigenvalue weighted by Crippen LogP contribution is -1.95. The van der Waals surface area contributed by atoms with E-state index < -0.39 is 0 Å². The Labute approximate surface area is 102 Å². The molecule has 3 heteroatoms. The van der Waals surface area contributed by atoms with Gasteiger partial charge in [-0.15, -0.1) is 0 Å². The second-order valence-electron chi connectivity index (χ2n) is 4.26. The number of aromatic nitrogens is 2. The molecule has 3 nitrogen and oxygen atoms in total. The average molecular weight is 229 g/mol. The standard InChI is InChI=1S/C14H19N3/c1-3-7-17-10-13(9-16-17)12-5-6-14(15)11(4-2)8-12/h5-6,8-10H,3-4,7,15H2,1-2H3. The molecule has 0 atom stereocenters. The van der Waals surface area contributed by atoms with Gasteiger partial charge in [0.25, 0.3) is 0 Å². The highest BCUT2D eigenvalue weighted by Crippen LogP contribution is 2.23. The summed E-state index contributed by atoms with van der Waals surface area (Å²) < 4.78 is 1.98. The molecule has 0 fully saturated rings. The van der Waals surface area contributed by atoms with Crippen LogP contribution < -0.4 is 5.73 Å². The number of nitrogens with zero attached hydrogens (tertiary/aromatic N) is 2. The largest absolute Gasteiger partial charge is 0.399 e. The fourth-order valence-corrected chi connectivity index (χ4v) is 1.96. The van der Waals surface area contributed by atoms with Crippen LogP contribution in [0.5, 0.6) is 0 Å². The van der Waals surface area contributed by atoms with Crippen molar-refractivity contribution in [1.29, 1.82) is 0 Å². The van der Waals surface area contributed by atoms with Gasteiger partial charge in [-0.25, -0.2) is 0 Å². The quantitative estimate of drug-likeness (QED) is 0.819. The van der Waals surface area contributed by atoms with Gasteiger partial charge in [0.1, 0.15) is 0 Å². The summed E-state index contributed by atoms with van der Waals surface area (Å²) in [5.41, 5.74) is 10.3. The Balaban J connectivity index is 2.32. The van der Waals surface area contributed by atoms with Crippen molar-refractivity contribution >= 4 is 5.69 Å². The molecule has 0 spiro atoms. The first-order valence-electron chi connectivity index (χ1n) is 6.15. The van der Waals surface area contributed by atoms with Crippen molar-refractivity contribution in [2.75, 3.05) is 5.73 Å². The lowest BCUT2D eigenvalue weighted by Gasteiger charge is -2.05. The first-order chi connectivity index (χ1) is 8.24. The highest BCUT2D eigenvalue weighted by molar-refractivity contribution is 5.66. The van der Waals surface area contributed by atoms with Gasteiger partial charge in [0.05, 0.1) is 6.20 Å². The number of benzene rings is 1. The molecule has 0 aliphatic heterocycles. The lowest BCUT2D eigenvalue weighted by atomic mass is 10.0. The van der Waals surface area contributed by atoms with Gasteiger partial charge >= 0.3 is 0 Å². The van der Waals surface area contributed by atoms with Crippen LogP contribution in [-0.2, 0) is 13.0 Å². The number of aryl methyl sites for hydroxylation is 2. The molecule has 0 aliphatic rings. The molecule has 0 aliphatic carbocycles. The highest BCUT2D eigenvalue weighted by atomic mass is 15.3. The summed E-state index contributed by atoms with van der Waals surface area (Å²) in [7, 11) is 0. The molecule has 0 radical (unpaired) electrons. The minimum atomic E-state index is 0.872. The van der Waals surface area contributed by atoms with E-state index in [1.807, 2.05) is 16.9 Å². The van der Waals surface area contributed by atoms with Crippen LogP contribution >= 0.6 is 0 Å². The molecule has 1 heterocycles. The zero-order valence-electron chi connectivity index (χ0n) is 10.5. The van der Waals surface area contributed by atoms with Crippen molar-refractivity contribution < 1.29 is 0 Å². The zero-order valence-corrected chi connectivity index (χ0v) is 10.5. The molecule has 2 aromatic rings. The first kappa shape index (κ1) is 11.7. The van der Waals surface area contributed by atoms with Gasteiger partial charge in [-0.3, -0.25) is 4.68 Å². The summed E-state index contributed by atoms with van der Waals surface area (Å²) in [5.74, 6) is 0. The van der Waals surface area contributed by atoms with Gasteiger partial charge in [-0.05, 0) is 36.1 Å². The molecule has 2 rings (SSSR count). The van der Waals surface area contributed by atoms with Crippen LogP contribution in [0, 0.1) is 0 Å². The van der Waals surface area contributed by atoms with E-state index in [9.17, 15) is 0 Å². The van der Waals surface area contributed by atoms with Crippen molar-refractivity contribution in [2.24, 2.45) is 0 Å². The van der Waals surface area contributed by atoms with Gasteiger partial charge in [-0.1, -0.05) is 19.9 Å². The third-order valence-electron chi connectivity index (χ3n) is 2.94. The minimum Gasteiger partial charge on any atom is -0.399 e. The molecule has 0 unspecified atom stereocenters. The smallest absolute Gasteiger partial charge is 0.0568 e. The number of hydrogen-bond acceptors (Lipinski definition) is 2. The topological polar surface area (TPSA) is 43.8 Å². The Morgan fingerprint density at radius 1 is 1.24 bits per heavy atom. The Morgan fingerprint density at radius 3 is 2.76 bits per heavy atom. The summed E-state index contributed by atoms with van der Waals surface area (Å²) in [5, 5.41) is 4.35. The van der Waals surface area contributed by atoms with E-state index in [-0.39, 0.29) is 0 Å². The van der Waals surface area contributed by atoms with E-state index in [1.54, 1.807) is 0 Å². The SMILES string of the molecule is CCCn1cc(-c2ccc(N)c(CC)c2)cn1. The summed E-state index contributed by atoms with van der Waals surface area (Å²) >= 11 is 0. The van der Waals surface area contributed by atoms with Crippen LogP contribution in [0.15, 0.2) is 30.6 Å². The van der Waals surface area contributed by atoms with E-state index >= 15 is 0 Å². The van der Waals surface area contributed by atoms with Crippen molar-refractivity contribution in [3.8, 4) is 11.1 Å². The zero-order chi connectivity index (χ0) is 12.3. The van der Waals surface area contributed by atoms with Gasteiger partial charge in [0.2, 0.25) is 0 Å². The Bertz CT molecular complexity index is 500. The number of anilines is 1. The molecule has 90 valence electrons. The Morgan fingerprint density at radius 2 is 2.06 bits per heavy atom. The lowest BCUT2D eigenvalue weighted by molar-refractivity contribution is 0.603. The molecular weight excluding hydrogens is 210 g/mol. The monoisotopic (exact) mass is 229 g/mol. The third kappa shape index (κ3) is 2.49. The normalized spacial score (nSPS) is 10.7. The van der Waals surface area contributed by atoms with Crippen LogP contribution in [0.2, 0.25) is 0 Å². The molecule has 2 N–H and O–H groups in total. The number of rotatable bonds is 4. The summed E-state index contributed by atoms with van der Waals surface area (Å²) in [4.78, 5) is 0. The van der Waals surface area contributed by atoms with Crippen molar-refractivity contribution in [3.63, 3.8) is 0 Å². The number of nitrogen functional groups attached to an aromatic ring is 1. The second kappa shape index (κ2) is 5.04. The van der Waals surface area contributed by atoms with Crippen LogP contribution in [0.4, 0.5) is 5.69 Å².